The number of piperidine rings is 1. The summed E-state index contributed by atoms with van der Waals surface area (Å²) < 4.78 is 0. The third-order valence-corrected chi connectivity index (χ3v) is 3.33. The van der Waals surface area contributed by atoms with E-state index in [9.17, 15) is 5.11 Å². The second-order valence-electron chi connectivity index (χ2n) is 3.55. The van der Waals surface area contributed by atoms with E-state index in [1.807, 2.05) is 11.6 Å². The van der Waals surface area contributed by atoms with Crippen LogP contribution in [-0.4, -0.2) is 28.8 Å². The number of thiazole rings is 1. The number of nitrogens with zero attached hydrogens (tertiary/aromatic N) is 2. The number of anilines is 1. The maximum absolute atomic E-state index is 9.53. The highest BCUT2D eigenvalue weighted by atomic mass is 32.1. The molecule has 1 N–H and O–H groups in total. The van der Waals surface area contributed by atoms with E-state index in [-0.39, 0.29) is 6.10 Å². The summed E-state index contributed by atoms with van der Waals surface area (Å²) in [6, 6.07) is 0.509. The summed E-state index contributed by atoms with van der Waals surface area (Å²) in [7, 11) is 0. The Morgan fingerprint density at radius 2 is 2.46 bits per heavy atom. The van der Waals surface area contributed by atoms with Crippen LogP contribution in [0.5, 0.6) is 0 Å². The Balaban J connectivity index is 2.12. The summed E-state index contributed by atoms with van der Waals surface area (Å²) in [6.07, 6.45) is 3.61. The molecule has 1 saturated heterocycles. The average Bonchev–Trinajstić information content (AvgIpc) is 2.61. The molecule has 0 bridgehead atoms. The Kier molecular flexibility index (Phi) is 2.51. The summed E-state index contributed by atoms with van der Waals surface area (Å²) in [5.74, 6) is 0. The number of aromatic nitrogens is 1. The molecule has 3 nitrogen and oxygen atoms in total. The molecule has 0 amide bonds. The SMILES string of the molecule is CC1CCC(O)CN1c1nccs1. The molecule has 4 heteroatoms. The Hall–Kier alpha value is -0.610. The molecule has 2 heterocycles. The van der Waals surface area contributed by atoms with E-state index < -0.39 is 0 Å². The quantitative estimate of drug-likeness (QED) is 0.742. The summed E-state index contributed by atoms with van der Waals surface area (Å²) in [5.41, 5.74) is 0. The summed E-state index contributed by atoms with van der Waals surface area (Å²) >= 11 is 1.64. The highest BCUT2D eigenvalue weighted by Crippen LogP contribution is 2.26. The van der Waals surface area contributed by atoms with E-state index in [0.717, 1.165) is 24.5 Å². The van der Waals surface area contributed by atoms with E-state index in [2.05, 4.69) is 16.8 Å². The molecule has 0 radical (unpaired) electrons. The molecule has 1 fully saturated rings. The largest absolute Gasteiger partial charge is 0.391 e. The van der Waals surface area contributed by atoms with Crippen LogP contribution >= 0.6 is 11.3 Å². The van der Waals surface area contributed by atoms with Gasteiger partial charge in [0.1, 0.15) is 0 Å². The van der Waals surface area contributed by atoms with Crippen molar-refractivity contribution in [2.45, 2.75) is 31.9 Å². The van der Waals surface area contributed by atoms with Crippen LogP contribution in [0.4, 0.5) is 5.13 Å². The maximum Gasteiger partial charge on any atom is 0.185 e. The lowest BCUT2D eigenvalue weighted by Gasteiger charge is -2.35. The van der Waals surface area contributed by atoms with Gasteiger partial charge in [-0.3, -0.25) is 0 Å². The number of aliphatic hydroxyl groups excluding tert-OH is 1. The average molecular weight is 198 g/mol. The van der Waals surface area contributed by atoms with Crippen molar-refractivity contribution in [3.63, 3.8) is 0 Å². The van der Waals surface area contributed by atoms with Gasteiger partial charge in [0.2, 0.25) is 0 Å². The van der Waals surface area contributed by atoms with Gasteiger partial charge < -0.3 is 10.0 Å². The smallest absolute Gasteiger partial charge is 0.185 e. The van der Waals surface area contributed by atoms with Crippen LogP contribution in [0.2, 0.25) is 0 Å². The van der Waals surface area contributed by atoms with Crippen molar-refractivity contribution in [3.05, 3.63) is 11.6 Å². The molecule has 0 aromatic carbocycles. The van der Waals surface area contributed by atoms with E-state index in [4.69, 9.17) is 0 Å². The van der Waals surface area contributed by atoms with Crippen LogP contribution in [0.25, 0.3) is 0 Å². The zero-order chi connectivity index (χ0) is 9.26. The third-order valence-electron chi connectivity index (χ3n) is 2.52. The van der Waals surface area contributed by atoms with Crippen molar-refractivity contribution in [3.8, 4) is 0 Å². The topological polar surface area (TPSA) is 36.4 Å². The molecule has 1 aliphatic heterocycles. The number of aliphatic hydroxyl groups is 1. The fourth-order valence-electron chi connectivity index (χ4n) is 1.71. The lowest BCUT2D eigenvalue weighted by Crippen LogP contribution is -2.44. The lowest BCUT2D eigenvalue weighted by atomic mass is 10.0. The number of hydrogen-bond acceptors (Lipinski definition) is 4. The van der Waals surface area contributed by atoms with Gasteiger partial charge in [-0.25, -0.2) is 4.98 Å². The standard InChI is InChI=1S/C9H14N2OS/c1-7-2-3-8(12)6-11(7)9-10-4-5-13-9/h4-5,7-8,12H,2-3,6H2,1H3. The molecule has 0 spiro atoms. The summed E-state index contributed by atoms with van der Waals surface area (Å²) in [5, 5.41) is 12.5. The van der Waals surface area contributed by atoms with Crippen LogP contribution < -0.4 is 4.90 Å². The van der Waals surface area contributed by atoms with Crippen LogP contribution in [0.1, 0.15) is 19.8 Å². The molecule has 2 rings (SSSR count). The molecule has 1 aliphatic rings. The predicted molar refractivity (Wildman–Crippen MR) is 54.2 cm³/mol. The zero-order valence-electron chi connectivity index (χ0n) is 7.68. The van der Waals surface area contributed by atoms with Gasteiger partial charge in [-0.1, -0.05) is 0 Å². The van der Waals surface area contributed by atoms with E-state index in [1.165, 1.54) is 0 Å². The first-order chi connectivity index (χ1) is 6.27. The highest BCUT2D eigenvalue weighted by molar-refractivity contribution is 7.13. The molecule has 13 heavy (non-hydrogen) atoms. The molecule has 2 unspecified atom stereocenters. The highest BCUT2D eigenvalue weighted by Gasteiger charge is 2.25. The Labute approximate surface area is 82.0 Å². The lowest BCUT2D eigenvalue weighted by molar-refractivity contribution is 0.144. The Morgan fingerprint density at radius 1 is 1.62 bits per heavy atom. The minimum Gasteiger partial charge on any atom is -0.391 e. The Bertz CT molecular complexity index is 263. The van der Waals surface area contributed by atoms with Crippen molar-refractivity contribution in [2.24, 2.45) is 0 Å². The zero-order valence-corrected chi connectivity index (χ0v) is 8.50. The fraction of sp³-hybridized carbons (Fsp3) is 0.667. The van der Waals surface area contributed by atoms with Crippen molar-refractivity contribution in [1.29, 1.82) is 0 Å². The normalized spacial score (nSPS) is 29.2. The first-order valence-corrected chi connectivity index (χ1v) is 5.49. The molecule has 72 valence electrons. The molecular weight excluding hydrogens is 184 g/mol. The van der Waals surface area contributed by atoms with E-state index in [1.54, 1.807) is 11.3 Å². The second kappa shape index (κ2) is 3.64. The summed E-state index contributed by atoms with van der Waals surface area (Å²) in [6.45, 7) is 2.92. The van der Waals surface area contributed by atoms with Crippen LogP contribution in [0.15, 0.2) is 11.6 Å². The van der Waals surface area contributed by atoms with Crippen LogP contribution in [-0.2, 0) is 0 Å². The van der Waals surface area contributed by atoms with Gasteiger partial charge in [-0.2, -0.15) is 0 Å². The predicted octanol–water partition coefficient (Wildman–Crippen LogP) is 1.49. The van der Waals surface area contributed by atoms with Gasteiger partial charge in [-0.05, 0) is 19.8 Å². The first kappa shape index (κ1) is 8.97. The van der Waals surface area contributed by atoms with Crippen molar-refractivity contribution < 1.29 is 5.11 Å². The number of hydrogen-bond donors (Lipinski definition) is 1. The third kappa shape index (κ3) is 1.84. The maximum atomic E-state index is 9.53. The molecule has 0 saturated carbocycles. The fourth-order valence-corrected chi connectivity index (χ4v) is 2.47. The van der Waals surface area contributed by atoms with Crippen molar-refractivity contribution >= 4 is 16.5 Å². The van der Waals surface area contributed by atoms with Crippen LogP contribution in [0.3, 0.4) is 0 Å². The van der Waals surface area contributed by atoms with Gasteiger partial charge in [0, 0.05) is 24.2 Å². The van der Waals surface area contributed by atoms with Crippen molar-refractivity contribution in [2.75, 3.05) is 11.4 Å². The molecule has 1 aromatic rings. The monoisotopic (exact) mass is 198 g/mol. The van der Waals surface area contributed by atoms with Crippen molar-refractivity contribution in [1.82, 2.24) is 4.98 Å². The van der Waals surface area contributed by atoms with Crippen LogP contribution in [0, 0.1) is 0 Å². The van der Waals surface area contributed by atoms with E-state index >= 15 is 0 Å². The van der Waals surface area contributed by atoms with Gasteiger partial charge in [0.25, 0.3) is 0 Å². The molecule has 0 aliphatic carbocycles. The summed E-state index contributed by atoms with van der Waals surface area (Å²) in [4.78, 5) is 6.45. The Morgan fingerprint density at radius 3 is 3.15 bits per heavy atom. The second-order valence-corrected chi connectivity index (χ2v) is 4.42. The first-order valence-electron chi connectivity index (χ1n) is 4.61. The minimum atomic E-state index is -0.180. The molecular formula is C9H14N2OS. The van der Waals surface area contributed by atoms with Gasteiger partial charge in [-0.15, -0.1) is 11.3 Å². The number of β-amino-alcohol motifs (C(OH)–C–C–N with tert-alkyl or cyclic N) is 1. The van der Waals surface area contributed by atoms with Gasteiger partial charge in [0.15, 0.2) is 5.13 Å². The van der Waals surface area contributed by atoms with Gasteiger partial charge >= 0.3 is 0 Å². The van der Waals surface area contributed by atoms with E-state index in [0.29, 0.717) is 6.04 Å². The molecule has 2 atom stereocenters. The molecule has 1 aromatic heterocycles. The number of rotatable bonds is 1. The van der Waals surface area contributed by atoms with Gasteiger partial charge in [0.05, 0.1) is 6.10 Å². The minimum absolute atomic E-state index is 0.180.